The topological polar surface area (TPSA) is 39.7 Å². The Balaban J connectivity index is 1.66. The summed E-state index contributed by atoms with van der Waals surface area (Å²) in [6.45, 7) is 7.84. The van der Waals surface area contributed by atoms with E-state index in [1.165, 1.54) is 37.4 Å². The van der Waals surface area contributed by atoms with Crippen molar-refractivity contribution in [1.82, 2.24) is 15.5 Å². The molecule has 1 atom stereocenters. The van der Waals surface area contributed by atoms with Gasteiger partial charge in [-0.2, -0.15) is 0 Å². The van der Waals surface area contributed by atoms with Crippen molar-refractivity contribution in [2.45, 2.75) is 26.3 Å². The van der Waals surface area contributed by atoms with E-state index in [1.54, 1.807) is 11.3 Å². The molecule has 1 aromatic rings. The first kappa shape index (κ1) is 15.3. The lowest BCUT2D eigenvalue weighted by Gasteiger charge is -2.16. The second kappa shape index (κ2) is 8.27. The van der Waals surface area contributed by atoms with Crippen LogP contribution in [0.2, 0.25) is 0 Å². The molecular formula is C15H26N4S. The van der Waals surface area contributed by atoms with Crippen molar-refractivity contribution < 1.29 is 0 Å². The molecule has 4 nitrogen and oxygen atoms in total. The van der Waals surface area contributed by atoms with Gasteiger partial charge < -0.3 is 15.5 Å². The molecule has 20 heavy (non-hydrogen) atoms. The minimum Gasteiger partial charge on any atom is -0.356 e. The van der Waals surface area contributed by atoms with Crippen molar-refractivity contribution in [1.29, 1.82) is 0 Å². The molecule has 1 fully saturated rings. The molecule has 1 aliphatic rings. The zero-order valence-corrected chi connectivity index (χ0v) is 13.4. The number of guanidine groups is 1. The van der Waals surface area contributed by atoms with E-state index in [0.717, 1.165) is 25.0 Å². The fourth-order valence-corrected chi connectivity index (χ4v) is 3.29. The Bertz CT molecular complexity index is 402. The standard InChI is InChI=1S/C15H26N4S/c1-3-7-19-8-6-13(12-19)10-17-15(16-2)18-11-14-5-4-9-20-14/h4-5,9,13H,3,6-8,10-12H2,1-2H3,(H2,16,17,18). The van der Waals surface area contributed by atoms with Gasteiger partial charge in [-0.15, -0.1) is 11.3 Å². The van der Waals surface area contributed by atoms with Gasteiger partial charge in [-0.3, -0.25) is 4.99 Å². The maximum atomic E-state index is 4.29. The summed E-state index contributed by atoms with van der Waals surface area (Å²) in [4.78, 5) is 8.19. The van der Waals surface area contributed by atoms with Crippen LogP contribution in [0.4, 0.5) is 0 Å². The fraction of sp³-hybridized carbons (Fsp3) is 0.667. The van der Waals surface area contributed by atoms with Gasteiger partial charge in [-0.1, -0.05) is 13.0 Å². The highest BCUT2D eigenvalue weighted by Gasteiger charge is 2.21. The van der Waals surface area contributed by atoms with Crippen molar-refractivity contribution >= 4 is 17.3 Å². The second-order valence-electron chi connectivity index (χ2n) is 5.34. The maximum Gasteiger partial charge on any atom is 0.191 e. The lowest BCUT2D eigenvalue weighted by Crippen LogP contribution is -2.39. The van der Waals surface area contributed by atoms with Crippen molar-refractivity contribution in [2.24, 2.45) is 10.9 Å². The summed E-state index contributed by atoms with van der Waals surface area (Å²) in [6, 6.07) is 4.23. The van der Waals surface area contributed by atoms with Crippen molar-refractivity contribution in [3.05, 3.63) is 22.4 Å². The quantitative estimate of drug-likeness (QED) is 0.624. The number of thiophene rings is 1. The van der Waals surface area contributed by atoms with Gasteiger partial charge in [0, 0.05) is 25.0 Å². The highest BCUT2D eigenvalue weighted by molar-refractivity contribution is 7.09. The van der Waals surface area contributed by atoms with Crippen LogP contribution in [0.15, 0.2) is 22.5 Å². The second-order valence-corrected chi connectivity index (χ2v) is 6.37. The Morgan fingerprint density at radius 2 is 2.40 bits per heavy atom. The first-order valence-corrected chi connectivity index (χ1v) is 8.39. The molecule has 1 saturated heterocycles. The van der Waals surface area contributed by atoms with Gasteiger partial charge in [0.05, 0.1) is 6.54 Å². The smallest absolute Gasteiger partial charge is 0.191 e. The number of nitrogens with zero attached hydrogens (tertiary/aromatic N) is 2. The van der Waals surface area contributed by atoms with E-state index >= 15 is 0 Å². The number of nitrogens with one attached hydrogen (secondary N) is 2. The van der Waals surface area contributed by atoms with E-state index in [1.807, 2.05) is 7.05 Å². The summed E-state index contributed by atoms with van der Waals surface area (Å²) in [5.41, 5.74) is 0. The maximum absolute atomic E-state index is 4.29. The number of likely N-dealkylation sites (tertiary alicyclic amines) is 1. The number of rotatable bonds is 6. The molecule has 2 heterocycles. The number of aliphatic imine (C=N–C) groups is 1. The molecule has 0 bridgehead atoms. The van der Waals surface area contributed by atoms with Crippen LogP contribution < -0.4 is 10.6 Å². The van der Waals surface area contributed by atoms with Gasteiger partial charge in [-0.05, 0) is 43.3 Å². The highest BCUT2D eigenvalue weighted by Crippen LogP contribution is 2.15. The summed E-state index contributed by atoms with van der Waals surface area (Å²) >= 11 is 1.77. The average Bonchev–Trinajstić information content (AvgIpc) is 3.11. The largest absolute Gasteiger partial charge is 0.356 e. The van der Waals surface area contributed by atoms with E-state index in [2.05, 4.69) is 45.0 Å². The third kappa shape index (κ3) is 4.80. The third-order valence-electron chi connectivity index (χ3n) is 3.70. The molecule has 0 spiro atoms. The zero-order valence-electron chi connectivity index (χ0n) is 12.6. The lowest BCUT2D eigenvalue weighted by atomic mass is 10.1. The Morgan fingerprint density at radius 1 is 1.50 bits per heavy atom. The van der Waals surface area contributed by atoms with Gasteiger partial charge in [0.15, 0.2) is 5.96 Å². The molecule has 1 aliphatic heterocycles. The SMILES string of the molecule is CCCN1CCC(CNC(=NC)NCc2cccs2)C1. The Kier molecular flexibility index (Phi) is 6.33. The van der Waals surface area contributed by atoms with Crippen LogP contribution in [0.25, 0.3) is 0 Å². The van der Waals surface area contributed by atoms with E-state index in [4.69, 9.17) is 0 Å². The Labute approximate surface area is 126 Å². The Hall–Kier alpha value is -1.07. The normalized spacial score (nSPS) is 20.3. The molecule has 0 aromatic carbocycles. The minimum absolute atomic E-state index is 0.752. The summed E-state index contributed by atoms with van der Waals surface area (Å²) < 4.78 is 0. The summed E-state index contributed by atoms with van der Waals surface area (Å²) in [5.74, 6) is 1.66. The number of hydrogen-bond donors (Lipinski definition) is 2. The summed E-state index contributed by atoms with van der Waals surface area (Å²) in [5, 5.41) is 8.93. The van der Waals surface area contributed by atoms with Crippen LogP contribution in [0, 0.1) is 5.92 Å². The monoisotopic (exact) mass is 294 g/mol. The van der Waals surface area contributed by atoms with Gasteiger partial charge in [0.1, 0.15) is 0 Å². The predicted molar refractivity (Wildman–Crippen MR) is 87.4 cm³/mol. The highest BCUT2D eigenvalue weighted by atomic mass is 32.1. The van der Waals surface area contributed by atoms with Crippen LogP contribution in [0.1, 0.15) is 24.6 Å². The molecule has 112 valence electrons. The van der Waals surface area contributed by atoms with Crippen molar-refractivity contribution in [3.8, 4) is 0 Å². The molecule has 5 heteroatoms. The first-order valence-electron chi connectivity index (χ1n) is 7.51. The Morgan fingerprint density at radius 3 is 3.10 bits per heavy atom. The van der Waals surface area contributed by atoms with Crippen LogP contribution in [-0.2, 0) is 6.54 Å². The molecule has 1 unspecified atom stereocenters. The van der Waals surface area contributed by atoms with E-state index in [0.29, 0.717) is 0 Å². The third-order valence-corrected chi connectivity index (χ3v) is 4.58. The molecule has 0 saturated carbocycles. The summed E-state index contributed by atoms with van der Waals surface area (Å²) in [7, 11) is 1.84. The fourth-order valence-electron chi connectivity index (χ4n) is 2.64. The molecule has 0 radical (unpaired) electrons. The average molecular weight is 294 g/mol. The van der Waals surface area contributed by atoms with Crippen LogP contribution >= 0.6 is 11.3 Å². The first-order chi connectivity index (χ1) is 9.81. The number of hydrogen-bond acceptors (Lipinski definition) is 3. The van der Waals surface area contributed by atoms with Crippen LogP contribution in [0.3, 0.4) is 0 Å². The van der Waals surface area contributed by atoms with Crippen LogP contribution in [-0.4, -0.2) is 44.1 Å². The van der Waals surface area contributed by atoms with Crippen LogP contribution in [0.5, 0.6) is 0 Å². The van der Waals surface area contributed by atoms with Crippen molar-refractivity contribution in [2.75, 3.05) is 33.2 Å². The van der Waals surface area contributed by atoms with E-state index in [9.17, 15) is 0 Å². The minimum atomic E-state index is 0.752. The van der Waals surface area contributed by atoms with E-state index < -0.39 is 0 Å². The molecule has 2 N–H and O–H groups in total. The molecule has 0 amide bonds. The molecule has 0 aliphatic carbocycles. The summed E-state index contributed by atoms with van der Waals surface area (Å²) in [6.07, 6.45) is 2.55. The molecule has 2 rings (SSSR count). The molecule has 1 aromatic heterocycles. The van der Waals surface area contributed by atoms with E-state index in [-0.39, 0.29) is 0 Å². The van der Waals surface area contributed by atoms with Gasteiger partial charge in [-0.25, -0.2) is 0 Å². The van der Waals surface area contributed by atoms with Gasteiger partial charge in [0.25, 0.3) is 0 Å². The zero-order chi connectivity index (χ0) is 14.2. The van der Waals surface area contributed by atoms with Gasteiger partial charge >= 0.3 is 0 Å². The lowest BCUT2D eigenvalue weighted by molar-refractivity contribution is 0.324. The predicted octanol–water partition coefficient (Wildman–Crippen LogP) is 2.15. The molecular weight excluding hydrogens is 268 g/mol. The van der Waals surface area contributed by atoms with Gasteiger partial charge in [0.2, 0.25) is 0 Å². The van der Waals surface area contributed by atoms with Crippen molar-refractivity contribution in [3.63, 3.8) is 0 Å².